The summed E-state index contributed by atoms with van der Waals surface area (Å²) in [5, 5.41) is 27.9. The number of unbranched alkanes of at least 4 members (excludes halogenated alkanes) is 2. The fourth-order valence-corrected chi connectivity index (χ4v) is 2.34. The van der Waals surface area contributed by atoms with Crippen molar-refractivity contribution in [1.29, 1.82) is 0 Å². The molecule has 128 valence electrons. The van der Waals surface area contributed by atoms with Crippen molar-refractivity contribution in [3.63, 3.8) is 0 Å². The fourth-order valence-electron chi connectivity index (χ4n) is 2.34. The van der Waals surface area contributed by atoms with Gasteiger partial charge in [0.25, 0.3) is 0 Å². The van der Waals surface area contributed by atoms with E-state index in [1.54, 1.807) is 0 Å². The van der Waals surface area contributed by atoms with E-state index in [0.717, 1.165) is 25.7 Å². The first-order valence-electron chi connectivity index (χ1n) is 8.32. The molecule has 5 heteroatoms. The van der Waals surface area contributed by atoms with Crippen molar-refractivity contribution in [1.82, 2.24) is 0 Å². The molecule has 1 heterocycles. The third-order valence-electron chi connectivity index (χ3n) is 3.63. The Morgan fingerprint density at radius 1 is 1.29 bits per heavy atom. The van der Waals surface area contributed by atoms with Crippen LogP contribution in [0.15, 0.2) is 0 Å². The summed E-state index contributed by atoms with van der Waals surface area (Å²) in [7, 11) is 0. The van der Waals surface area contributed by atoms with Crippen LogP contribution < -0.4 is 0 Å². The lowest BCUT2D eigenvalue weighted by molar-refractivity contribution is -0.0902. The third-order valence-corrected chi connectivity index (χ3v) is 3.63. The molecule has 1 rings (SSSR count). The topological polar surface area (TPSA) is 79.2 Å². The lowest BCUT2D eigenvalue weighted by Crippen LogP contribution is -2.31. The molecule has 1 saturated heterocycles. The number of hydrogen-bond acceptors (Lipinski definition) is 5. The molecule has 5 nitrogen and oxygen atoms in total. The Kier molecular flexibility index (Phi) is 12.2. The second kappa shape index (κ2) is 12.4. The van der Waals surface area contributed by atoms with Crippen molar-refractivity contribution in [2.45, 2.75) is 90.3 Å². The molecular weight excluding hydrogens is 272 g/mol. The highest BCUT2D eigenvalue weighted by Crippen LogP contribution is 2.27. The van der Waals surface area contributed by atoms with Gasteiger partial charge in [0.15, 0.2) is 0 Å². The molecule has 0 aromatic heterocycles. The second-order valence-electron chi connectivity index (χ2n) is 5.39. The normalized spacial score (nSPS) is 27.9. The van der Waals surface area contributed by atoms with Crippen LogP contribution >= 0.6 is 0 Å². The van der Waals surface area contributed by atoms with Crippen LogP contribution in [0.2, 0.25) is 0 Å². The Balaban J connectivity index is 0.00000191. The number of hydrogen-bond donors (Lipinski definition) is 3. The summed E-state index contributed by atoms with van der Waals surface area (Å²) < 4.78 is 11.3. The maximum Gasteiger partial charge on any atom is 0.100 e. The van der Waals surface area contributed by atoms with Crippen LogP contribution in [0.5, 0.6) is 0 Å². The van der Waals surface area contributed by atoms with Crippen LogP contribution in [0.4, 0.5) is 0 Å². The molecular formula is C16H34O5. The van der Waals surface area contributed by atoms with Gasteiger partial charge in [0.2, 0.25) is 0 Å². The zero-order chi connectivity index (χ0) is 16.3. The van der Waals surface area contributed by atoms with E-state index in [4.69, 9.17) is 14.6 Å². The molecule has 0 spiro atoms. The van der Waals surface area contributed by atoms with Gasteiger partial charge < -0.3 is 24.8 Å². The molecule has 1 fully saturated rings. The zero-order valence-corrected chi connectivity index (χ0v) is 14.0. The Labute approximate surface area is 129 Å². The van der Waals surface area contributed by atoms with Gasteiger partial charge in [-0.2, -0.15) is 0 Å². The summed E-state index contributed by atoms with van der Waals surface area (Å²) in [5.74, 6) is 0. The van der Waals surface area contributed by atoms with Gasteiger partial charge >= 0.3 is 0 Å². The van der Waals surface area contributed by atoms with Crippen molar-refractivity contribution in [2.75, 3.05) is 13.2 Å². The van der Waals surface area contributed by atoms with Crippen LogP contribution in [0.25, 0.3) is 0 Å². The van der Waals surface area contributed by atoms with E-state index >= 15 is 0 Å². The zero-order valence-electron chi connectivity index (χ0n) is 14.0. The van der Waals surface area contributed by atoms with Crippen LogP contribution in [0.1, 0.15) is 59.8 Å². The van der Waals surface area contributed by atoms with E-state index in [1.807, 2.05) is 20.8 Å². The predicted molar refractivity (Wildman–Crippen MR) is 83.3 cm³/mol. The average molecular weight is 306 g/mol. The Morgan fingerprint density at radius 3 is 2.52 bits per heavy atom. The molecule has 3 N–H and O–H groups in total. The quantitative estimate of drug-likeness (QED) is 0.567. The van der Waals surface area contributed by atoms with Crippen molar-refractivity contribution in [3.05, 3.63) is 0 Å². The maximum absolute atomic E-state index is 9.96. The Bertz CT molecular complexity index is 237. The minimum Gasteiger partial charge on any atom is -0.394 e. The molecule has 0 aliphatic carbocycles. The summed E-state index contributed by atoms with van der Waals surface area (Å²) in [6.45, 7) is 7.81. The van der Waals surface area contributed by atoms with Crippen molar-refractivity contribution >= 4 is 0 Å². The molecule has 1 aliphatic rings. The molecule has 0 radical (unpaired) electrons. The van der Waals surface area contributed by atoms with Gasteiger partial charge in [0, 0.05) is 6.42 Å². The summed E-state index contributed by atoms with van der Waals surface area (Å²) in [4.78, 5) is 0. The van der Waals surface area contributed by atoms with Crippen LogP contribution in [0.3, 0.4) is 0 Å². The minimum absolute atomic E-state index is 0.0914. The van der Waals surface area contributed by atoms with E-state index in [1.165, 1.54) is 0 Å². The van der Waals surface area contributed by atoms with Gasteiger partial charge in [0.05, 0.1) is 37.6 Å². The third kappa shape index (κ3) is 8.12. The number of aliphatic hydroxyl groups excluding tert-OH is 3. The monoisotopic (exact) mass is 306 g/mol. The maximum atomic E-state index is 9.96. The molecule has 0 saturated carbocycles. The molecule has 5 atom stereocenters. The van der Waals surface area contributed by atoms with E-state index in [2.05, 4.69) is 6.92 Å². The molecule has 0 amide bonds. The molecule has 0 aromatic carbocycles. The van der Waals surface area contributed by atoms with Crippen molar-refractivity contribution in [3.8, 4) is 0 Å². The average Bonchev–Trinajstić information content (AvgIpc) is 2.88. The van der Waals surface area contributed by atoms with Crippen LogP contribution in [0, 0.1) is 0 Å². The SMILES string of the molecule is CC.CCCCCC1OC(C(C)OCC(O)CO)CC1O. The van der Waals surface area contributed by atoms with E-state index in [9.17, 15) is 10.2 Å². The molecule has 0 aromatic rings. The van der Waals surface area contributed by atoms with E-state index < -0.39 is 12.2 Å². The molecule has 5 unspecified atom stereocenters. The van der Waals surface area contributed by atoms with Crippen LogP contribution in [-0.4, -0.2) is 59.1 Å². The summed E-state index contributed by atoms with van der Waals surface area (Å²) in [5.41, 5.74) is 0. The first-order chi connectivity index (χ1) is 10.1. The van der Waals surface area contributed by atoms with Gasteiger partial charge in [-0.3, -0.25) is 0 Å². The number of ether oxygens (including phenoxy) is 2. The van der Waals surface area contributed by atoms with Crippen molar-refractivity contribution < 1.29 is 24.8 Å². The molecule has 1 aliphatic heterocycles. The van der Waals surface area contributed by atoms with Gasteiger partial charge in [-0.1, -0.05) is 40.0 Å². The minimum atomic E-state index is -0.853. The number of aliphatic hydroxyl groups is 3. The summed E-state index contributed by atoms with van der Waals surface area (Å²) >= 11 is 0. The van der Waals surface area contributed by atoms with E-state index in [-0.39, 0.29) is 31.5 Å². The van der Waals surface area contributed by atoms with Gasteiger partial charge in [-0.25, -0.2) is 0 Å². The Hall–Kier alpha value is -0.200. The van der Waals surface area contributed by atoms with Gasteiger partial charge in [-0.05, 0) is 13.3 Å². The van der Waals surface area contributed by atoms with Crippen LogP contribution in [-0.2, 0) is 9.47 Å². The first kappa shape index (κ1) is 20.8. The Morgan fingerprint density at radius 2 is 1.95 bits per heavy atom. The van der Waals surface area contributed by atoms with E-state index in [0.29, 0.717) is 6.42 Å². The fraction of sp³-hybridized carbons (Fsp3) is 1.00. The standard InChI is InChI=1S/C14H28O5.C2H6/c1-3-4-5-6-13-12(17)7-14(19-13)10(2)18-9-11(16)8-15;1-2/h10-17H,3-9H2,1-2H3;1-2H3. The van der Waals surface area contributed by atoms with Crippen molar-refractivity contribution in [2.24, 2.45) is 0 Å². The highest BCUT2D eigenvalue weighted by molar-refractivity contribution is 4.85. The van der Waals surface area contributed by atoms with Gasteiger partial charge in [0.1, 0.15) is 6.10 Å². The molecule has 0 bridgehead atoms. The highest BCUT2D eigenvalue weighted by Gasteiger charge is 2.36. The second-order valence-corrected chi connectivity index (χ2v) is 5.39. The first-order valence-corrected chi connectivity index (χ1v) is 8.32. The summed E-state index contributed by atoms with van der Waals surface area (Å²) in [6, 6.07) is 0. The largest absolute Gasteiger partial charge is 0.394 e. The number of rotatable bonds is 9. The lowest BCUT2D eigenvalue weighted by Gasteiger charge is -2.21. The lowest BCUT2D eigenvalue weighted by atomic mass is 10.0. The van der Waals surface area contributed by atoms with Gasteiger partial charge in [-0.15, -0.1) is 0 Å². The summed E-state index contributed by atoms with van der Waals surface area (Å²) in [6.07, 6.45) is 3.17. The predicted octanol–water partition coefficient (Wildman–Crippen LogP) is 1.87. The smallest absolute Gasteiger partial charge is 0.100 e. The highest BCUT2D eigenvalue weighted by atomic mass is 16.6. The molecule has 21 heavy (non-hydrogen) atoms.